The monoisotopic (exact) mass is 357 g/mol. The molecule has 0 bridgehead atoms. The van der Waals surface area contributed by atoms with Gasteiger partial charge in [-0.05, 0) is 30.7 Å². The standard InChI is InChI=1S/C17H16ClN5O2/c1-12(17(25)19-11-13-5-2-3-6-14(13)18)23-16(24)8-7-15(21-23)22-10-4-9-20-22/h2-10,12H,11H2,1H3,(H,19,25). The summed E-state index contributed by atoms with van der Waals surface area (Å²) in [5.74, 6) is 0.127. The number of nitrogens with zero attached hydrogens (tertiary/aromatic N) is 4. The number of benzene rings is 1. The zero-order valence-electron chi connectivity index (χ0n) is 13.5. The Morgan fingerprint density at radius 2 is 2.04 bits per heavy atom. The Hall–Kier alpha value is -2.93. The average Bonchev–Trinajstić information content (AvgIpc) is 3.15. The molecule has 1 atom stereocenters. The largest absolute Gasteiger partial charge is 0.350 e. The number of carbonyl (C=O) groups is 1. The van der Waals surface area contributed by atoms with Crippen molar-refractivity contribution in [3.63, 3.8) is 0 Å². The Labute approximate surface area is 148 Å². The van der Waals surface area contributed by atoms with E-state index in [-0.39, 0.29) is 18.0 Å². The van der Waals surface area contributed by atoms with Gasteiger partial charge in [-0.15, -0.1) is 5.10 Å². The van der Waals surface area contributed by atoms with Crippen LogP contribution < -0.4 is 10.9 Å². The first-order valence-electron chi connectivity index (χ1n) is 7.67. The van der Waals surface area contributed by atoms with E-state index in [1.807, 2.05) is 18.2 Å². The topological polar surface area (TPSA) is 81.8 Å². The highest BCUT2D eigenvalue weighted by Gasteiger charge is 2.18. The quantitative estimate of drug-likeness (QED) is 0.756. The third-order valence-corrected chi connectivity index (χ3v) is 4.08. The molecule has 0 spiro atoms. The molecule has 3 rings (SSSR count). The van der Waals surface area contributed by atoms with Crippen LogP contribution in [0.5, 0.6) is 0 Å². The average molecular weight is 358 g/mol. The molecule has 0 aliphatic carbocycles. The Morgan fingerprint density at radius 3 is 2.76 bits per heavy atom. The second-order valence-electron chi connectivity index (χ2n) is 5.41. The van der Waals surface area contributed by atoms with E-state index in [0.29, 0.717) is 10.8 Å². The van der Waals surface area contributed by atoms with Crippen molar-refractivity contribution in [3.05, 3.63) is 75.8 Å². The van der Waals surface area contributed by atoms with Crippen molar-refractivity contribution >= 4 is 17.5 Å². The molecule has 0 fully saturated rings. The Kier molecular flexibility index (Phi) is 4.95. The zero-order chi connectivity index (χ0) is 17.8. The first kappa shape index (κ1) is 16.9. The summed E-state index contributed by atoms with van der Waals surface area (Å²) in [5, 5.41) is 11.6. The summed E-state index contributed by atoms with van der Waals surface area (Å²) in [4.78, 5) is 24.5. The third kappa shape index (κ3) is 3.77. The van der Waals surface area contributed by atoms with Crippen LogP contribution in [0.1, 0.15) is 18.5 Å². The van der Waals surface area contributed by atoms with E-state index < -0.39 is 6.04 Å². The van der Waals surface area contributed by atoms with Crippen LogP contribution in [0.15, 0.2) is 59.7 Å². The summed E-state index contributed by atoms with van der Waals surface area (Å²) in [6.07, 6.45) is 3.32. The number of hydrogen-bond donors (Lipinski definition) is 1. The van der Waals surface area contributed by atoms with Gasteiger partial charge in [-0.2, -0.15) is 5.10 Å². The Morgan fingerprint density at radius 1 is 1.24 bits per heavy atom. The molecule has 1 N–H and O–H groups in total. The molecule has 0 saturated heterocycles. The number of carbonyl (C=O) groups excluding carboxylic acids is 1. The number of halogens is 1. The number of hydrogen-bond acceptors (Lipinski definition) is 4. The number of nitrogens with one attached hydrogen (secondary N) is 1. The van der Waals surface area contributed by atoms with Gasteiger partial charge in [-0.3, -0.25) is 9.59 Å². The van der Waals surface area contributed by atoms with E-state index in [2.05, 4.69) is 15.5 Å². The highest BCUT2D eigenvalue weighted by atomic mass is 35.5. The summed E-state index contributed by atoms with van der Waals surface area (Å²) in [7, 11) is 0. The molecule has 0 aliphatic heterocycles. The smallest absolute Gasteiger partial charge is 0.267 e. The molecule has 1 unspecified atom stereocenters. The summed E-state index contributed by atoms with van der Waals surface area (Å²) in [5.41, 5.74) is 0.437. The van der Waals surface area contributed by atoms with Crippen molar-refractivity contribution in [2.24, 2.45) is 0 Å². The highest BCUT2D eigenvalue weighted by Crippen LogP contribution is 2.14. The number of aromatic nitrogens is 4. The minimum Gasteiger partial charge on any atom is -0.350 e. The fourth-order valence-corrected chi connectivity index (χ4v) is 2.50. The van der Waals surface area contributed by atoms with E-state index in [9.17, 15) is 9.59 Å². The van der Waals surface area contributed by atoms with Crippen molar-refractivity contribution in [3.8, 4) is 5.82 Å². The minimum absolute atomic E-state index is 0.274. The molecule has 3 aromatic rings. The van der Waals surface area contributed by atoms with Crippen molar-refractivity contribution in [2.75, 3.05) is 0 Å². The maximum atomic E-state index is 12.4. The van der Waals surface area contributed by atoms with Gasteiger partial charge in [0.2, 0.25) is 5.91 Å². The second kappa shape index (κ2) is 7.31. The Balaban J connectivity index is 1.77. The third-order valence-electron chi connectivity index (χ3n) is 3.71. The molecule has 128 valence electrons. The van der Waals surface area contributed by atoms with Crippen molar-refractivity contribution in [1.29, 1.82) is 0 Å². The lowest BCUT2D eigenvalue weighted by molar-refractivity contribution is -0.124. The molecule has 8 heteroatoms. The van der Waals surface area contributed by atoms with Crippen molar-refractivity contribution < 1.29 is 4.79 Å². The second-order valence-corrected chi connectivity index (χ2v) is 5.82. The molecule has 2 aromatic heterocycles. The van der Waals surface area contributed by atoms with E-state index in [0.717, 1.165) is 10.2 Å². The molecule has 0 saturated carbocycles. The first-order valence-corrected chi connectivity index (χ1v) is 8.05. The van der Waals surface area contributed by atoms with E-state index in [1.165, 1.54) is 10.7 Å². The number of amides is 1. The van der Waals surface area contributed by atoms with Gasteiger partial charge in [0.1, 0.15) is 6.04 Å². The molecule has 1 amide bonds. The summed E-state index contributed by atoms with van der Waals surface area (Å²) in [6, 6.07) is 11.1. The predicted molar refractivity (Wildman–Crippen MR) is 93.6 cm³/mol. The van der Waals surface area contributed by atoms with Gasteiger partial charge in [-0.25, -0.2) is 9.36 Å². The first-order chi connectivity index (χ1) is 12.1. The van der Waals surface area contributed by atoms with Crippen LogP contribution in [0.2, 0.25) is 5.02 Å². The SMILES string of the molecule is CC(C(=O)NCc1ccccc1Cl)n1nc(-n2cccn2)ccc1=O. The molecule has 2 heterocycles. The predicted octanol–water partition coefficient (Wildman–Crippen LogP) is 1.96. The summed E-state index contributed by atoms with van der Waals surface area (Å²) in [6.45, 7) is 1.89. The van der Waals surface area contributed by atoms with Crippen LogP contribution in [0.4, 0.5) is 0 Å². The van der Waals surface area contributed by atoms with Gasteiger partial charge in [0.25, 0.3) is 5.56 Å². The molecular weight excluding hydrogens is 342 g/mol. The van der Waals surface area contributed by atoms with Crippen LogP contribution >= 0.6 is 11.6 Å². The van der Waals surface area contributed by atoms with Gasteiger partial charge < -0.3 is 5.32 Å². The van der Waals surface area contributed by atoms with E-state index in [1.54, 1.807) is 37.5 Å². The molecule has 7 nitrogen and oxygen atoms in total. The molecule has 1 aromatic carbocycles. The van der Waals surface area contributed by atoms with Gasteiger partial charge in [0, 0.05) is 30.0 Å². The molecule has 0 aliphatic rings. The molecular formula is C17H16ClN5O2. The van der Waals surface area contributed by atoms with E-state index in [4.69, 9.17) is 11.6 Å². The van der Waals surface area contributed by atoms with Crippen LogP contribution in [0.25, 0.3) is 5.82 Å². The van der Waals surface area contributed by atoms with Gasteiger partial charge in [0.15, 0.2) is 5.82 Å². The summed E-state index contributed by atoms with van der Waals surface area (Å²) >= 11 is 6.08. The van der Waals surface area contributed by atoms with Crippen LogP contribution in [0, 0.1) is 0 Å². The van der Waals surface area contributed by atoms with Gasteiger partial charge >= 0.3 is 0 Å². The lowest BCUT2D eigenvalue weighted by Gasteiger charge is -2.15. The fraction of sp³-hybridized carbons (Fsp3) is 0.176. The maximum Gasteiger partial charge on any atom is 0.267 e. The lowest BCUT2D eigenvalue weighted by Crippen LogP contribution is -2.37. The highest BCUT2D eigenvalue weighted by molar-refractivity contribution is 6.31. The zero-order valence-corrected chi connectivity index (χ0v) is 14.2. The Bertz CT molecular complexity index is 936. The van der Waals surface area contributed by atoms with E-state index >= 15 is 0 Å². The minimum atomic E-state index is -0.773. The van der Waals surface area contributed by atoms with Crippen LogP contribution in [0.3, 0.4) is 0 Å². The van der Waals surface area contributed by atoms with Gasteiger partial charge in [-0.1, -0.05) is 29.8 Å². The van der Waals surface area contributed by atoms with Crippen molar-refractivity contribution in [1.82, 2.24) is 24.9 Å². The lowest BCUT2D eigenvalue weighted by atomic mass is 10.2. The van der Waals surface area contributed by atoms with Crippen LogP contribution in [-0.2, 0) is 11.3 Å². The molecule has 25 heavy (non-hydrogen) atoms. The summed E-state index contributed by atoms with van der Waals surface area (Å²) < 4.78 is 2.66. The maximum absolute atomic E-state index is 12.4. The van der Waals surface area contributed by atoms with Crippen molar-refractivity contribution in [2.45, 2.75) is 19.5 Å². The fourth-order valence-electron chi connectivity index (χ4n) is 2.30. The normalized spacial score (nSPS) is 11.9. The van der Waals surface area contributed by atoms with Gasteiger partial charge in [0.05, 0.1) is 0 Å². The van der Waals surface area contributed by atoms with Crippen LogP contribution in [-0.4, -0.2) is 25.5 Å². The molecule has 0 radical (unpaired) electrons. The number of rotatable bonds is 5.